The number of methoxy groups -OCH3 is 1. The summed E-state index contributed by atoms with van der Waals surface area (Å²) >= 11 is 3.42. The van der Waals surface area contributed by atoms with Crippen molar-refractivity contribution in [3.63, 3.8) is 0 Å². The van der Waals surface area contributed by atoms with Gasteiger partial charge in [-0.3, -0.25) is 4.90 Å². The Morgan fingerprint density at radius 2 is 2.19 bits per heavy atom. The number of benzene rings is 1. The van der Waals surface area contributed by atoms with E-state index in [0.29, 0.717) is 6.54 Å². The maximum Gasteiger partial charge on any atom is 0.124 e. The highest BCUT2D eigenvalue weighted by molar-refractivity contribution is 9.10. The molecule has 4 heteroatoms. The predicted octanol–water partition coefficient (Wildman–Crippen LogP) is 2.27. The van der Waals surface area contributed by atoms with Crippen molar-refractivity contribution < 1.29 is 9.84 Å². The summed E-state index contributed by atoms with van der Waals surface area (Å²) in [4.78, 5) is 2.17. The molecule has 3 nitrogen and oxygen atoms in total. The van der Waals surface area contributed by atoms with Crippen LogP contribution < -0.4 is 4.74 Å². The van der Waals surface area contributed by atoms with E-state index in [9.17, 15) is 0 Å². The lowest BCUT2D eigenvalue weighted by atomic mass is 10.2. The zero-order valence-corrected chi connectivity index (χ0v) is 11.3. The highest BCUT2D eigenvalue weighted by atomic mass is 79.9. The molecular weight excluding hydrogens is 270 g/mol. The minimum atomic E-state index is 0.187. The molecule has 0 aliphatic carbocycles. The van der Waals surface area contributed by atoms with Crippen LogP contribution in [0, 0.1) is 0 Å². The fraction of sp³-hybridized carbons (Fsp3) is 0.500. The Kier molecular flexibility index (Phi) is 5.80. The van der Waals surface area contributed by atoms with Gasteiger partial charge in [-0.2, -0.15) is 0 Å². The molecule has 1 rings (SSSR count). The van der Waals surface area contributed by atoms with Gasteiger partial charge in [-0.1, -0.05) is 28.9 Å². The van der Waals surface area contributed by atoms with Crippen molar-refractivity contribution in [1.82, 2.24) is 4.90 Å². The minimum Gasteiger partial charge on any atom is -0.496 e. The fourth-order valence-electron chi connectivity index (χ4n) is 1.58. The second-order valence-electron chi connectivity index (χ2n) is 3.55. The van der Waals surface area contributed by atoms with Gasteiger partial charge in [-0.15, -0.1) is 0 Å². The zero-order valence-electron chi connectivity index (χ0n) is 9.74. The van der Waals surface area contributed by atoms with Crippen LogP contribution in [0.5, 0.6) is 5.75 Å². The second-order valence-corrected chi connectivity index (χ2v) is 4.46. The van der Waals surface area contributed by atoms with Gasteiger partial charge in [-0.25, -0.2) is 0 Å². The molecule has 0 unspecified atom stereocenters. The number of halogens is 1. The average Bonchev–Trinajstić information content (AvgIpc) is 2.30. The van der Waals surface area contributed by atoms with Crippen LogP contribution in [0.4, 0.5) is 0 Å². The minimum absolute atomic E-state index is 0.187. The summed E-state index contributed by atoms with van der Waals surface area (Å²) in [6.07, 6.45) is 0. The monoisotopic (exact) mass is 287 g/mol. The molecule has 0 bridgehead atoms. The van der Waals surface area contributed by atoms with Gasteiger partial charge in [0.1, 0.15) is 5.75 Å². The number of rotatable bonds is 6. The third-order valence-corrected chi connectivity index (χ3v) is 3.00. The van der Waals surface area contributed by atoms with Crippen LogP contribution >= 0.6 is 15.9 Å². The van der Waals surface area contributed by atoms with Gasteiger partial charge < -0.3 is 9.84 Å². The summed E-state index contributed by atoms with van der Waals surface area (Å²) in [5.74, 6) is 0.880. The quantitative estimate of drug-likeness (QED) is 0.871. The van der Waals surface area contributed by atoms with Gasteiger partial charge in [0.25, 0.3) is 0 Å². The first kappa shape index (κ1) is 13.5. The average molecular weight is 288 g/mol. The van der Waals surface area contributed by atoms with Crippen molar-refractivity contribution in [3.8, 4) is 5.75 Å². The lowest BCUT2D eigenvalue weighted by Crippen LogP contribution is -2.26. The SMILES string of the molecule is CCN(CCO)Cc1ccc(Br)cc1OC. The number of hydrogen-bond donors (Lipinski definition) is 1. The van der Waals surface area contributed by atoms with Crippen LogP contribution in [0.1, 0.15) is 12.5 Å². The molecular formula is C12H18BrNO2. The van der Waals surface area contributed by atoms with Gasteiger partial charge in [0.05, 0.1) is 13.7 Å². The molecule has 0 aliphatic rings. The van der Waals surface area contributed by atoms with E-state index >= 15 is 0 Å². The van der Waals surface area contributed by atoms with Crippen LogP contribution in [0.15, 0.2) is 22.7 Å². The van der Waals surface area contributed by atoms with Crippen LogP contribution in [-0.4, -0.2) is 36.8 Å². The topological polar surface area (TPSA) is 32.7 Å². The largest absolute Gasteiger partial charge is 0.496 e. The van der Waals surface area contributed by atoms with Crippen LogP contribution in [0.25, 0.3) is 0 Å². The van der Waals surface area contributed by atoms with Gasteiger partial charge >= 0.3 is 0 Å². The summed E-state index contributed by atoms with van der Waals surface area (Å²) < 4.78 is 6.34. The van der Waals surface area contributed by atoms with E-state index in [-0.39, 0.29) is 6.61 Å². The molecule has 90 valence electrons. The Bertz CT molecular complexity index is 331. The number of nitrogens with zero attached hydrogens (tertiary/aromatic N) is 1. The van der Waals surface area contributed by atoms with Crippen LogP contribution in [-0.2, 0) is 6.54 Å². The Morgan fingerprint density at radius 3 is 2.75 bits per heavy atom. The maximum atomic E-state index is 8.94. The van der Waals surface area contributed by atoms with Crippen molar-refractivity contribution in [3.05, 3.63) is 28.2 Å². The Hall–Kier alpha value is -0.580. The lowest BCUT2D eigenvalue weighted by Gasteiger charge is -2.20. The van der Waals surface area contributed by atoms with E-state index in [0.717, 1.165) is 28.9 Å². The van der Waals surface area contributed by atoms with Crippen molar-refractivity contribution in [2.45, 2.75) is 13.5 Å². The molecule has 1 N–H and O–H groups in total. The summed E-state index contributed by atoms with van der Waals surface area (Å²) in [5, 5.41) is 8.94. The molecule has 0 fully saturated rings. The first-order chi connectivity index (χ1) is 7.71. The lowest BCUT2D eigenvalue weighted by molar-refractivity contribution is 0.195. The van der Waals surface area contributed by atoms with E-state index in [2.05, 4.69) is 27.8 Å². The van der Waals surface area contributed by atoms with E-state index in [1.165, 1.54) is 0 Å². The first-order valence-corrected chi connectivity index (χ1v) is 6.16. The van der Waals surface area contributed by atoms with Crippen molar-refractivity contribution in [2.24, 2.45) is 0 Å². The normalized spacial score (nSPS) is 10.8. The fourth-order valence-corrected chi connectivity index (χ4v) is 1.92. The van der Waals surface area contributed by atoms with Crippen molar-refractivity contribution >= 4 is 15.9 Å². The van der Waals surface area contributed by atoms with Gasteiger partial charge in [-0.05, 0) is 18.7 Å². The van der Waals surface area contributed by atoms with Crippen molar-refractivity contribution in [2.75, 3.05) is 26.8 Å². The smallest absolute Gasteiger partial charge is 0.124 e. The molecule has 0 atom stereocenters. The number of likely N-dealkylation sites (N-methyl/N-ethyl adjacent to an activating group) is 1. The first-order valence-electron chi connectivity index (χ1n) is 5.36. The van der Waals surface area contributed by atoms with Gasteiger partial charge in [0.15, 0.2) is 0 Å². The second kappa shape index (κ2) is 6.89. The van der Waals surface area contributed by atoms with E-state index < -0.39 is 0 Å². The molecule has 1 aromatic carbocycles. The standard InChI is InChI=1S/C12H18BrNO2/c1-3-14(6-7-15)9-10-4-5-11(13)8-12(10)16-2/h4-5,8,15H,3,6-7,9H2,1-2H3. The van der Waals surface area contributed by atoms with Crippen LogP contribution in [0.2, 0.25) is 0 Å². The number of aliphatic hydroxyl groups is 1. The Morgan fingerprint density at radius 1 is 1.44 bits per heavy atom. The number of hydrogen-bond acceptors (Lipinski definition) is 3. The highest BCUT2D eigenvalue weighted by Gasteiger charge is 2.08. The molecule has 0 amide bonds. The van der Waals surface area contributed by atoms with Gasteiger partial charge in [0, 0.05) is 23.1 Å². The molecule has 0 heterocycles. The van der Waals surface area contributed by atoms with E-state index in [4.69, 9.17) is 9.84 Å². The number of aliphatic hydroxyl groups excluding tert-OH is 1. The molecule has 16 heavy (non-hydrogen) atoms. The predicted molar refractivity (Wildman–Crippen MR) is 68.7 cm³/mol. The molecule has 0 saturated heterocycles. The summed E-state index contributed by atoms with van der Waals surface area (Å²) in [7, 11) is 1.67. The third kappa shape index (κ3) is 3.77. The molecule has 0 spiro atoms. The van der Waals surface area contributed by atoms with Crippen LogP contribution in [0.3, 0.4) is 0 Å². The van der Waals surface area contributed by atoms with Gasteiger partial charge in [0.2, 0.25) is 0 Å². The number of ether oxygens (including phenoxy) is 1. The highest BCUT2D eigenvalue weighted by Crippen LogP contribution is 2.24. The zero-order chi connectivity index (χ0) is 12.0. The summed E-state index contributed by atoms with van der Waals surface area (Å²) in [6.45, 7) is 4.68. The third-order valence-electron chi connectivity index (χ3n) is 2.51. The molecule has 0 saturated carbocycles. The Balaban J connectivity index is 2.78. The summed E-state index contributed by atoms with van der Waals surface area (Å²) in [6, 6.07) is 6.01. The Labute approximate surface area is 105 Å². The van der Waals surface area contributed by atoms with Crippen molar-refractivity contribution in [1.29, 1.82) is 0 Å². The van der Waals surface area contributed by atoms with E-state index in [1.807, 2.05) is 18.2 Å². The van der Waals surface area contributed by atoms with E-state index in [1.54, 1.807) is 7.11 Å². The molecule has 0 radical (unpaired) electrons. The maximum absolute atomic E-state index is 8.94. The molecule has 0 aromatic heterocycles. The summed E-state index contributed by atoms with van der Waals surface area (Å²) in [5.41, 5.74) is 1.14. The molecule has 1 aromatic rings. The molecule has 0 aliphatic heterocycles.